The Morgan fingerprint density at radius 3 is 2.92 bits per heavy atom. The lowest BCUT2D eigenvalue weighted by molar-refractivity contribution is 0.208. The maximum absolute atomic E-state index is 9.40. The van der Waals surface area contributed by atoms with Crippen molar-refractivity contribution in [3.8, 4) is 0 Å². The van der Waals surface area contributed by atoms with Crippen LogP contribution in [0.2, 0.25) is 0 Å². The lowest BCUT2D eigenvalue weighted by Gasteiger charge is -2.32. The summed E-state index contributed by atoms with van der Waals surface area (Å²) in [5.41, 5.74) is 0. The van der Waals surface area contributed by atoms with Gasteiger partial charge < -0.3 is 15.3 Å². The molecule has 1 aromatic rings. The fourth-order valence-corrected chi connectivity index (χ4v) is 4.27. The molecule has 2 heterocycles. The molecule has 2 aliphatic rings. The Labute approximate surface area is 145 Å². The molecule has 1 aliphatic carbocycles. The van der Waals surface area contributed by atoms with Gasteiger partial charge in [-0.3, -0.25) is 0 Å². The van der Waals surface area contributed by atoms with Gasteiger partial charge in [0.05, 0.1) is 0 Å². The van der Waals surface area contributed by atoms with Crippen LogP contribution in [0.3, 0.4) is 0 Å². The van der Waals surface area contributed by atoms with Gasteiger partial charge in [-0.05, 0) is 43.4 Å². The molecule has 5 heteroatoms. The quantitative estimate of drug-likeness (QED) is 0.837. The Balaban J connectivity index is 1.49. The standard InChI is InChI=1S/C19H32N4O/c1-15-4-2-5-16(10-15)7-8-20-18-11-19(22-14-21-18)23-9-3-6-17(12-23)13-24/h11,14-17,24H,2-10,12-13H2,1H3,(H,20,21,22). The van der Waals surface area contributed by atoms with Crippen molar-refractivity contribution in [3.63, 3.8) is 0 Å². The van der Waals surface area contributed by atoms with Crippen LogP contribution in [0.4, 0.5) is 11.6 Å². The lowest BCUT2D eigenvalue weighted by atomic mass is 9.81. The topological polar surface area (TPSA) is 61.3 Å². The summed E-state index contributed by atoms with van der Waals surface area (Å²) in [4.78, 5) is 11.1. The summed E-state index contributed by atoms with van der Waals surface area (Å²) in [6.07, 6.45) is 10.7. The largest absolute Gasteiger partial charge is 0.396 e. The van der Waals surface area contributed by atoms with Crippen molar-refractivity contribution in [2.75, 3.05) is 36.5 Å². The molecule has 1 saturated heterocycles. The van der Waals surface area contributed by atoms with Gasteiger partial charge in [0, 0.05) is 32.3 Å². The molecule has 1 aliphatic heterocycles. The zero-order valence-corrected chi connectivity index (χ0v) is 15.0. The third-order valence-electron chi connectivity index (χ3n) is 5.66. The zero-order chi connectivity index (χ0) is 16.8. The van der Waals surface area contributed by atoms with E-state index >= 15 is 0 Å². The van der Waals surface area contributed by atoms with E-state index in [1.807, 2.05) is 0 Å². The number of piperidine rings is 1. The van der Waals surface area contributed by atoms with Crippen LogP contribution < -0.4 is 10.2 Å². The van der Waals surface area contributed by atoms with Crippen LogP contribution in [0.1, 0.15) is 51.9 Å². The fraction of sp³-hybridized carbons (Fsp3) is 0.789. The number of anilines is 2. The van der Waals surface area contributed by atoms with Crippen molar-refractivity contribution < 1.29 is 5.11 Å². The Hall–Kier alpha value is -1.36. The number of hydrogen-bond donors (Lipinski definition) is 2. The smallest absolute Gasteiger partial charge is 0.134 e. The zero-order valence-electron chi connectivity index (χ0n) is 15.0. The molecule has 3 atom stereocenters. The van der Waals surface area contributed by atoms with E-state index in [0.29, 0.717) is 5.92 Å². The Morgan fingerprint density at radius 1 is 1.21 bits per heavy atom. The highest BCUT2D eigenvalue weighted by atomic mass is 16.3. The van der Waals surface area contributed by atoms with E-state index in [1.54, 1.807) is 6.33 Å². The number of aromatic nitrogens is 2. The van der Waals surface area contributed by atoms with Gasteiger partial charge in [0.25, 0.3) is 0 Å². The molecular weight excluding hydrogens is 300 g/mol. The molecule has 1 aromatic heterocycles. The number of aliphatic hydroxyl groups excluding tert-OH is 1. The van der Waals surface area contributed by atoms with Crippen molar-refractivity contribution in [2.45, 2.75) is 51.9 Å². The number of nitrogens with zero attached hydrogens (tertiary/aromatic N) is 3. The van der Waals surface area contributed by atoms with Crippen LogP contribution in [-0.4, -0.2) is 41.3 Å². The van der Waals surface area contributed by atoms with E-state index < -0.39 is 0 Å². The van der Waals surface area contributed by atoms with E-state index in [0.717, 1.165) is 55.9 Å². The van der Waals surface area contributed by atoms with Gasteiger partial charge in [-0.25, -0.2) is 9.97 Å². The fourth-order valence-electron chi connectivity index (χ4n) is 4.27. The summed E-state index contributed by atoms with van der Waals surface area (Å²) in [5, 5.41) is 12.9. The molecule has 3 rings (SSSR count). The highest BCUT2D eigenvalue weighted by Crippen LogP contribution is 2.30. The highest BCUT2D eigenvalue weighted by Gasteiger charge is 2.21. The van der Waals surface area contributed by atoms with E-state index in [4.69, 9.17) is 0 Å². The summed E-state index contributed by atoms with van der Waals surface area (Å²) < 4.78 is 0. The van der Waals surface area contributed by atoms with Gasteiger partial charge in [-0.2, -0.15) is 0 Å². The number of nitrogens with one attached hydrogen (secondary N) is 1. The summed E-state index contributed by atoms with van der Waals surface area (Å²) in [6.45, 7) is 5.56. The normalized spacial score (nSPS) is 27.9. The van der Waals surface area contributed by atoms with Gasteiger partial charge >= 0.3 is 0 Å². The van der Waals surface area contributed by atoms with Crippen molar-refractivity contribution in [3.05, 3.63) is 12.4 Å². The van der Waals surface area contributed by atoms with E-state index in [-0.39, 0.29) is 6.61 Å². The van der Waals surface area contributed by atoms with Crippen LogP contribution in [-0.2, 0) is 0 Å². The summed E-state index contributed by atoms with van der Waals surface area (Å²) in [7, 11) is 0. The second-order valence-corrected chi connectivity index (χ2v) is 7.75. The predicted octanol–water partition coefficient (Wildman–Crippen LogP) is 3.31. The Kier molecular flexibility index (Phi) is 6.30. The van der Waals surface area contributed by atoms with Crippen molar-refractivity contribution in [1.82, 2.24) is 9.97 Å². The first-order chi connectivity index (χ1) is 11.7. The minimum Gasteiger partial charge on any atom is -0.396 e. The summed E-state index contributed by atoms with van der Waals surface area (Å²) >= 11 is 0. The molecule has 0 aromatic carbocycles. The molecule has 0 radical (unpaired) electrons. The Bertz CT molecular complexity index is 510. The van der Waals surface area contributed by atoms with Crippen LogP contribution in [0.5, 0.6) is 0 Å². The van der Waals surface area contributed by atoms with Crippen molar-refractivity contribution >= 4 is 11.6 Å². The van der Waals surface area contributed by atoms with E-state index in [2.05, 4.69) is 33.2 Å². The first-order valence-corrected chi connectivity index (χ1v) is 9.66. The second kappa shape index (κ2) is 8.65. The molecule has 2 N–H and O–H groups in total. The number of hydrogen-bond acceptors (Lipinski definition) is 5. The van der Waals surface area contributed by atoms with Crippen LogP contribution in [0.15, 0.2) is 12.4 Å². The molecule has 2 fully saturated rings. The van der Waals surface area contributed by atoms with Gasteiger partial charge in [0.15, 0.2) is 0 Å². The van der Waals surface area contributed by atoms with Crippen LogP contribution in [0, 0.1) is 17.8 Å². The van der Waals surface area contributed by atoms with Gasteiger partial charge in [-0.1, -0.05) is 26.2 Å². The van der Waals surface area contributed by atoms with Crippen LogP contribution >= 0.6 is 0 Å². The molecule has 0 amide bonds. The first kappa shape index (κ1) is 17.5. The van der Waals surface area contributed by atoms with Crippen molar-refractivity contribution in [2.24, 2.45) is 17.8 Å². The molecule has 3 unspecified atom stereocenters. The number of aliphatic hydroxyl groups is 1. The number of rotatable bonds is 6. The van der Waals surface area contributed by atoms with E-state index in [9.17, 15) is 5.11 Å². The highest BCUT2D eigenvalue weighted by molar-refractivity contribution is 5.48. The molecule has 134 valence electrons. The minimum absolute atomic E-state index is 0.270. The van der Waals surface area contributed by atoms with E-state index in [1.165, 1.54) is 32.1 Å². The van der Waals surface area contributed by atoms with Crippen molar-refractivity contribution in [1.29, 1.82) is 0 Å². The maximum Gasteiger partial charge on any atom is 0.134 e. The molecule has 1 saturated carbocycles. The monoisotopic (exact) mass is 332 g/mol. The molecular formula is C19H32N4O. The third-order valence-corrected chi connectivity index (χ3v) is 5.66. The average Bonchev–Trinajstić information content (AvgIpc) is 2.62. The van der Waals surface area contributed by atoms with Crippen LogP contribution in [0.25, 0.3) is 0 Å². The Morgan fingerprint density at radius 2 is 2.08 bits per heavy atom. The second-order valence-electron chi connectivity index (χ2n) is 7.75. The molecule has 5 nitrogen and oxygen atoms in total. The molecule has 0 bridgehead atoms. The minimum atomic E-state index is 0.270. The van der Waals surface area contributed by atoms with Gasteiger partial charge in [0.1, 0.15) is 18.0 Å². The summed E-state index contributed by atoms with van der Waals surface area (Å²) in [5.74, 6) is 4.05. The predicted molar refractivity (Wildman–Crippen MR) is 98.3 cm³/mol. The van der Waals surface area contributed by atoms with Gasteiger partial charge in [0.2, 0.25) is 0 Å². The lowest BCUT2D eigenvalue weighted by Crippen LogP contribution is -2.37. The first-order valence-electron chi connectivity index (χ1n) is 9.66. The average molecular weight is 332 g/mol. The third kappa shape index (κ3) is 4.82. The molecule has 0 spiro atoms. The molecule has 24 heavy (non-hydrogen) atoms. The maximum atomic E-state index is 9.40. The SMILES string of the molecule is CC1CCCC(CCNc2cc(N3CCCC(CO)C3)ncn2)C1. The summed E-state index contributed by atoms with van der Waals surface area (Å²) in [6, 6.07) is 2.06. The van der Waals surface area contributed by atoms with Gasteiger partial charge in [-0.15, -0.1) is 0 Å².